The quantitative estimate of drug-likeness (QED) is 0.190. The first kappa shape index (κ1) is 27.7. The topological polar surface area (TPSA) is 52.6 Å². The molecule has 0 atom stereocenters. The molecule has 4 nitrogen and oxygen atoms in total. The van der Waals surface area contributed by atoms with E-state index in [4.69, 9.17) is 16.8 Å². The average molecular weight is 659 g/mol. The summed E-state index contributed by atoms with van der Waals surface area (Å²) in [5, 5.41) is 13.6. The monoisotopic (exact) mass is 658 g/mol. The van der Waals surface area contributed by atoms with Gasteiger partial charge in [0, 0.05) is 21.5 Å². The van der Waals surface area contributed by atoms with Gasteiger partial charge in [0.2, 0.25) is 16.0 Å². The number of rotatable bonds is 3. The molecule has 8 aromatic carbocycles. The van der Waals surface area contributed by atoms with Gasteiger partial charge in [-0.05, 0) is 67.4 Å². The van der Waals surface area contributed by atoms with Crippen LogP contribution in [0.25, 0.3) is 87.0 Å². The Labute approximate surface area is 276 Å². The van der Waals surface area contributed by atoms with Gasteiger partial charge in [-0.15, -0.1) is 0 Å². The van der Waals surface area contributed by atoms with Crippen LogP contribution >= 0.6 is 16.0 Å². The Morgan fingerprint density at radius 2 is 0.542 bits per heavy atom. The predicted molar refractivity (Wildman–Crippen MR) is 203 cm³/mol. The minimum absolute atomic E-state index is 0.644. The van der Waals surface area contributed by atoms with Crippen molar-refractivity contribution in [2.75, 3.05) is 0 Å². The van der Waals surface area contributed by atoms with E-state index >= 15 is 0 Å². The molecule has 0 fully saturated rings. The molecule has 0 spiro atoms. The number of hydrogen-bond acceptors (Lipinski definition) is 4. The van der Waals surface area contributed by atoms with Crippen LogP contribution in [0.4, 0.5) is 0 Å². The van der Waals surface area contributed by atoms with Crippen LogP contribution in [0.1, 0.15) is 0 Å². The van der Waals surface area contributed by atoms with Gasteiger partial charge in [0.15, 0.2) is 0 Å². The SMILES string of the molecule is c1ccc2c(c1)ccc1op(CCp3oc4ccc5ccccc5c4c4c(ccc5ccccc54)o3)oc3ccc4ccccc4c3c12. The minimum Gasteiger partial charge on any atom is -0.419 e. The number of fused-ring (bicyclic) bond motifs is 14. The maximum atomic E-state index is 6.81. The van der Waals surface area contributed by atoms with Crippen LogP contribution in [0, 0.1) is 0 Å². The van der Waals surface area contributed by atoms with E-state index in [-0.39, 0.29) is 0 Å². The summed E-state index contributed by atoms with van der Waals surface area (Å²) in [7, 11) is -2.70. The van der Waals surface area contributed by atoms with E-state index in [1.165, 1.54) is 21.5 Å². The van der Waals surface area contributed by atoms with Crippen molar-refractivity contribution in [1.29, 1.82) is 0 Å². The summed E-state index contributed by atoms with van der Waals surface area (Å²) in [6, 6.07) is 51.0. The fourth-order valence-corrected chi connectivity index (χ4v) is 10.4. The molecule has 0 saturated heterocycles. The predicted octanol–water partition coefficient (Wildman–Crippen LogP) is 14.2. The summed E-state index contributed by atoms with van der Waals surface area (Å²) < 4.78 is 27.3. The third-order valence-corrected chi connectivity index (χ3v) is 12.5. The summed E-state index contributed by atoms with van der Waals surface area (Å²) in [4.78, 5) is 0. The molecule has 10 rings (SSSR count). The first-order chi connectivity index (χ1) is 23.8. The van der Waals surface area contributed by atoms with Gasteiger partial charge in [-0.25, -0.2) is 0 Å². The lowest BCUT2D eigenvalue weighted by Crippen LogP contribution is -1.79. The number of aryl methyl sites for hydroxylation is 2. The highest BCUT2D eigenvalue weighted by Gasteiger charge is 2.16. The van der Waals surface area contributed by atoms with Gasteiger partial charge in [0.05, 0.1) is 12.3 Å². The molecule has 0 bridgehead atoms. The van der Waals surface area contributed by atoms with Crippen LogP contribution in [0.15, 0.2) is 162 Å². The van der Waals surface area contributed by atoms with Crippen molar-refractivity contribution < 1.29 is 16.8 Å². The second-order valence-electron chi connectivity index (χ2n) is 12.1. The highest BCUT2D eigenvalue weighted by atomic mass is 31.1. The standard InChI is InChI=1S/C42H28O4P2/c1-5-13-31-27(9-1)17-21-35-39(31)40-32-14-6-2-10-28(32)18-22-36(40)44-47(43-35)25-26-48-45-37-23-19-29-11-3-7-15-33(29)41(37)42-34-16-8-4-12-30(34)20-24-38(42)46-48/h1-24H,25-26H2. The third-order valence-electron chi connectivity index (χ3n) is 9.33. The second-order valence-corrected chi connectivity index (χ2v) is 15.1. The van der Waals surface area contributed by atoms with Crippen molar-refractivity contribution in [2.24, 2.45) is 0 Å². The molecule has 6 heteroatoms. The Kier molecular flexibility index (Phi) is 6.40. The lowest BCUT2D eigenvalue weighted by atomic mass is 9.99. The van der Waals surface area contributed by atoms with E-state index < -0.39 is 16.0 Å². The Bertz CT molecular complexity index is 2580. The first-order valence-corrected chi connectivity index (χ1v) is 18.9. The van der Waals surface area contributed by atoms with Gasteiger partial charge < -0.3 is 16.8 Å². The summed E-state index contributed by atoms with van der Waals surface area (Å²) >= 11 is 0. The van der Waals surface area contributed by atoms with E-state index in [0.717, 1.165) is 65.4 Å². The molecule has 0 radical (unpaired) electrons. The van der Waals surface area contributed by atoms with Crippen molar-refractivity contribution in [2.45, 2.75) is 12.3 Å². The highest BCUT2D eigenvalue weighted by Crippen LogP contribution is 2.46. The zero-order valence-corrected chi connectivity index (χ0v) is 27.6. The number of hydrogen-bond donors (Lipinski definition) is 0. The summed E-state index contributed by atoms with van der Waals surface area (Å²) in [5.41, 5.74) is 3.39. The molecule has 10 aromatic rings. The molecule has 0 aliphatic rings. The molecule has 2 heterocycles. The highest BCUT2D eigenvalue weighted by molar-refractivity contribution is 7.40. The van der Waals surface area contributed by atoms with Crippen molar-refractivity contribution in [3.8, 4) is 0 Å². The molecule has 48 heavy (non-hydrogen) atoms. The molecule has 0 unspecified atom stereocenters. The summed E-state index contributed by atoms with van der Waals surface area (Å²) in [6.45, 7) is 0. The molecule has 0 N–H and O–H groups in total. The largest absolute Gasteiger partial charge is 0.419 e. The van der Waals surface area contributed by atoms with Crippen molar-refractivity contribution in [3.63, 3.8) is 0 Å². The smallest absolute Gasteiger partial charge is 0.217 e. The van der Waals surface area contributed by atoms with Gasteiger partial charge in [0.1, 0.15) is 22.3 Å². The van der Waals surface area contributed by atoms with E-state index in [2.05, 4.69) is 146 Å². The van der Waals surface area contributed by atoms with Crippen LogP contribution in [0.2, 0.25) is 0 Å². The Morgan fingerprint density at radius 3 is 0.812 bits per heavy atom. The summed E-state index contributed by atoms with van der Waals surface area (Å²) in [5.74, 6) is 0. The zero-order valence-electron chi connectivity index (χ0n) is 25.8. The molecule has 0 aliphatic heterocycles. The zero-order chi connectivity index (χ0) is 31.6. The number of benzene rings is 8. The summed E-state index contributed by atoms with van der Waals surface area (Å²) in [6.07, 6.45) is 1.29. The third kappa shape index (κ3) is 4.45. The minimum atomic E-state index is -1.35. The van der Waals surface area contributed by atoms with Gasteiger partial charge in [-0.2, -0.15) is 0 Å². The second kappa shape index (κ2) is 11.1. The maximum Gasteiger partial charge on any atom is 0.217 e. The average Bonchev–Trinajstić information content (AvgIpc) is 3.42. The van der Waals surface area contributed by atoms with Crippen LogP contribution < -0.4 is 0 Å². The van der Waals surface area contributed by atoms with E-state index in [1.807, 2.05) is 0 Å². The van der Waals surface area contributed by atoms with Crippen LogP contribution in [0.5, 0.6) is 0 Å². The van der Waals surface area contributed by atoms with Gasteiger partial charge >= 0.3 is 0 Å². The fourth-order valence-electron chi connectivity index (χ4n) is 7.16. The van der Waals surface area contributed by atoms with Gasteiger partial charge in [0.25, 0.3) is 0 Å². The van der Waals surface area contributed by atoms with E-state index in [9.17, 15) is 0 Å². The fraction of sp³-hybridized carbons (Fsp3) is 0.0476. The molecular formula is C42H28O4P2. The molecule has 230 valence electrons. The molecule has 0 saturated carbocycles. The first-order valence-electron chi connectivity index (χ1n) is 16.1. The lowest BCUT2D eigenvalue weighted by molar-refractivity contribution is 0.619. The van der Waals surface area contributed by atoms with Crippen molar-refractivity contribution in [3.05, 3.63) is 146 Å². The van der Waals surface area contributed by atoms with Gasteiger partial charge in [-0.1, -0.05) is 121 Å². The molecular weight excluding hydrogens is 630 g/mol. The van der Waals surface area contributed by atoms with Crippen molar-refractivity contribution >= 4 is 103 Å². The van der Waals surface area contributed by atoms with Crippen LogP contribution in [-0.4, -0.2) is 0 Å². The molecule has 0 amide bonds. The molecule has 2 aromatic heterocycles. The molecule has 0 aliphatic carbocycles. The maximum absolute atomic E-state index is 6.81. The van der Waals surface area contributed by atoms with Crippen LogP contribution in [-0.2, 0) is 12.3 Å². The Hall–Kier alpha value is -5.40. The van der Waals surface area contributed by atoms with E-state index in [0.29, 0.717) is 12.3 Å². The normalized spacial score (nSPS) is 11.9. The Morgan fingerprint density at radius 1 is 0.292 bits per heavy atom. The van der Waals surface area contributed by atoms with Crippen molar-refractivity contribution in [1.82, 2.24) is 0 Å². The van der Waals surface area contributed by atoms with Crippen LogP contribution in [0.3, 0.4) is 0 Å². The Balaban J connectivity index is 1.20. The van der Waals surface area contributed by atoms with Gasteiger partial charge in [-0.3, -0.25) is 0 Å². The lowest BCUT2D eigenvalue weighted by Gasteiger charge is -2.05. The van der Waals surface area contributed by atoms with E-state index in [1.54, 1.807) is 0 Å².